The third-order valence-electron chi connectivity index (χ3n) is 3.95. The van der Waals surface area contributed by atoms with Gasteiger partial charge in [-0.15, -0.1) is 0 Å². The summed E-state index contributed by atoms with van der Waals surface area (Å²) in [6, 6.07) is 20.1. The van der Waals surface area contributed by atoms with Crippen LogP contribution < -0.4 is 4.74 Å². The number of halogens is 1. The first kappa shape index (κ1) is 18.7. The van der Waals surface area contributed by atoms with Crippen molar-refractivity contribution in [2.45, 2.75) is 6.61 Å². The number of phenols is 1. The van der Waals surface area contributed by atoms with Crippen molar-refractivity contribution in [2.75, 3.05) is 0 Å². The summed E-state index contributed by atoms with van der Waals surface area (Å²) >= 11 is 3.45. The number of aromatic hydroxyl groups is 1. The van der Waals surface area contributed by atoms with Gasteiger partial charge in [-0.25, -0.2) is 4.79 Å². The summed E-state index contributed by atoms with van der Waals surface area (Å²) in [4.78, 5) is 11.2. The molecule has 0 atom stereocenters. The Morgan fingerprint density at radius 2 is 1.70 bits per heavy atom. The van der Waals surface area contributed by atoms with Crippen LogP contribution in [0.3, 0.4) is 0 Å². The van der Waals surface area contributed by atoms with Crippen molar-refractivity contribution < 1.29 is 19.7 Å². The molecular formula is C22H17BrO4. The van der Waals surface area contributed by atoms with Gasteiger partial charge < -0.3 is 14.9 Å². The van der Waals surface area contributed by atoms with E-state index in [2.05, 4.69) is 15.9 Å². The van der Waals surface area contributed by atoms with Crippen molar-refractivity contribution in [3.63, 3.8) is 0 Å². The number of benzene rings is 3. The lowest BCUT2D eigenvalue weighted by Gasteiger charge is -2.10. The fourth-order valence-electron chi connectivity index (χ4n) is 2.56. The largest absolute Gasteiger partial charge is 0.506 e. The number of para-hydroxylation sites is 1. The first-order valence-electron chi connectivity index (χ1n) is 8.24. The lowest BCUT2D eigenvalue weighted by atomic mass is 10.1. The van der Waals surface area contributed by atoms with E-state index >= 15 is 0 Å². The predicted octanol–water partition coefficient (Wildman–Crippen LogP) is 5.60. The topological polar surface area (TPSA) is 66.8 Å². The highest BCUT2D eigenvalue weighted by molar-refractivity contribution is 9.10. The number of ether oxygens (including phenoxy) is 1. The molecule has 0 spiro atoms. The maximum Gasteiger partial charge on any atom is 0.339 e. The van der Waals surface area contributed by atoms with Crippen LogP contribution in [0.5, 0.6) is 11.5 Å². The molecule has 0 saturated heterocycles. The second kappa shape index (κ2) is 8.56. The molecule has 3 rings (SSSR count). The summed E-state index contributed by atoms with van der Waals surface area (Å²) in [5, 5.41) is 19.3. The maximum atomic E-state index is 11.2. The number of hydrogen-bond donors (Lipinski definition) is 2. The van der Waals surface area contributed by atoms with E-state index < -0.39 is 5.97 Å². The molecule has 0 unspecified atom stereocenters. The zero-order chi connectivity index (χ0) is 19.2. The van der Waals surface area contributed by atoms with Gasteiger partial charge in [0.15, 0.2) is 0 Å². The minimum absolute atomic E-state index is 0.132. The fourth-order valence-corrected chi connectivity index (χ4v) is 2.94. The Bertz CT molecular complexity index is 981. The predicted molar refractivity (Wildman–Crippen MR) is 109 cm³/mol. The molecule has 27 heavy (non-hydrogen) atoms. The zero-order valence-corrected chi connectivity index (χ0v) is 15.9. The molecule has 3 aromatic rings. The molecular weight excluding hydrogens is 408 g/mol. The van der Waals surface area contributed by atoms with Gasteiger partial charge in [0.05, 0.1) is 0 Å². The van der Waals surface area contributed by atoms with Crippen LogP contribution in [0.4, 0.5) is 0 Å². The van der Waals surface area contributed by atoms with Gasteiger partial charge in [-0.1, -0.05) is 70.5 Å². The van der Waals surface area contributed by atoms with E-state index in [0.29, 0.717) is 17.9 Å². The molecule has 0 aliphatic carbocycles. The molecule has 0 aromatic heterocycles. The van der Waals surface area contributed by atoms with Crippen LogP contribution in [-0.2, 0) is 6.61 Å². The van der Waals surface area contributed by atoms with E-state index in [9.17, 15) is 9.90 Å². The van der Waals surface area contributed by atoms with Crippen LogP contribution in [0.2, 0.25) is 0 Å². The Hall–Kier alpha value is -3.05. The molecule has 0 bridgehead atoms. The van der Waals surface area contributed by atoms with E-state index in [1.54, 1.807) is 24.3 Å². The monoisotopic (exact) mass is 424 g/mol. The Balaban J connectivity index is 1.86. The van der Waals surface area contributed by atoms with Gasteiger partial charge in [0.2, 0.25) is 0 Å². The van der Waals surface area contributed by atoms with Gasteiger partial charge >= 0.3 is 5.97 Å². The van der Waals surface area contributed by atoms with E-state index in [4.69, 9.17) is 9.84 Å². The number of carboxylic acid groups (broad SMARTS) is 1. The van der Waals surface area contributed by atoms with E-state index in [0.717, 1.165) is 15.6 Å². The number of aromatic carboxylic acids is 1. The molecule has 3 aromatic carbocycles. The second-order valence-corrected chi connectivity index (χ2v) is 6.75. The van der Waals surface area contributed by atoms with Crippen molar-refractivity contribution in [1.29, 1.82) is 0 Å². The van der Waals surface area contributed by atoms with E-state index in [-0.39, 0.29) is 11.3 Å². The van der Waals surface area contributed by atoms with Crippen LogP contribution in [0, 0.1) is 0 Å². The molecule has 0 aliphatic heterocycles. The van der Waals surface area contributed by atoms with Crippen molar-refractivity contribution in [3.8, 4) is 11.5 Å². The van der Waals surface area contributed by atoms with Gasteiger partial charge in [-0.2, -0.15) is 0 Å². The minimum Gasteiger partial charge on any atom is -0.506 e. The molecule has 136 valence electrons. The Morgan fingerprint density at radius 1 is 0.963 bits per heavy atom. The highest BCUT2D eigenvalue weighted by atomic mass is 79.9. The summed E-state index contributed by atoms with van der Waals surface area (Å²) in [5.41, 5.74) is 2.15. The van der Waals surface area contributed by atoms with Gasteiger partial charge in [0.25, 0.3) is 0 Å². The normalized spacial score (nSPS) is 10.9. The maximum absolute atomic E-state index is 11.2. The summed E-state index contributed by atoms with van der Waals surface area (Å²) in [6.07, 6.45) is 3.45. The third kappa shape index (κ3) is 4.77. The smallest absolute Gasteiger partial charge is 0.339 e. The summed E-state index contributed by atoms with van der Waals surface area (Å²) in [6.45, 7) is 0.434. The fraction of sp³-hybridized carbons (Fsp3) is 0.0455. The van der Waals surface area contributed by atoms with Gasteiger partial charge in [0, 0.05) is 15.6 Å². The average molecular weight is 425 g/mol. The second-order valence-electron chi connectivity index (χ2n) is 5.84. The highest BCUT2D eigenvalue weighted by Gasteiger charge is 2.11. The molecule has 0 heterocycles. The molecule has 0 aliphatic rings. The van der Waals surface area contributed by atoms with Gasteiger partial charge in [0.1, 0.15) is 23.7 Å². The Labute approximate surface area is 165 Å². The van der Waals surface area contributed by atoms with Gasteiger partial charge in [-0.05, 0) is 29.8 Å². The minimum atomic E-state index is -1.17. The van der Waals surface area contributed by atoms with Crippen molar-refractivity contribution in [3.05, 3.63) is 93.5 Å². The highest BCUT2D eigenvalue weighted by Crippen LogP contribution is 2.29. The lowest BCUT2D eigenvalue weighted by Crippen LogP contribution is -1.97. The van der Waals surface area contributed by atoms with Crippen LogP contribution >= 0.6 is 15.9 Å². The van der Waals surface area contributed by atoms with E-state index in [1.165, 1.54) is 6.07 Å². The average Bonchev–Trinajstić information content (AvgIpc) is 2.67. The summed E-state index contributed by atoms with van der Waals surface area (Å²) in [5.74, 6) is -0.743. The lowest BCUT2D eigenvalue weighted by molar-refractivity contribution is 0.0693. The summed E-state index contributed by atoms with van der Waals surface area (Å²) < 4.78 is 6.82. The number of rotatable bonds is 6. The Morgan fingerprint density at radius 3 is 2.44 bits per heavy atom. The molecule has 0 radical (unpaired) electrons. The van der Waals surface area contributed by atoms with Crippen molar-refractivity contribution >= 4 is 34.1 Å². The molecule has 0 fully saturated rings. The van der Waals surface area contributed by atoms with Crippen LogP contribution in [0.15, 0.2) is 71.2 Å². The van der Waals surface area contributed by atoms with Crippen molar-refractivity contribution in [2.24, 2.45) is 0 Å². The van der Waals surface area contributed by atoms with Crippen LogP contribution in [0.25, 0.3) is 12.2 Å². The third-order valence-corrected chi connectivity index (χ3v) is 4.44. The molecule has 0 amide bonds. The number of carbonyl (C=O) groups is 1. The molecule has 5 heteroatoms. The molecule has 0 saturated carbocycles. The zero-order valence-electron chi connectivity index (χ0n) is 14.3. The quantitative estimate of drug-likeness (QED) is 0.505. The molecule has 4 nitrogen and oxygen atoms in total. The summed E-state index contributed by atoms with van der Waals surface area (Å²) in [7, 11) is 0. The van der Waals surface area contributed by atoms with Gasteiger partial charge in [-0.3, -0.25) is 0 Å². The Kier molecular flexibility index (Phi) is 5.94. The molecule has 2 N–H and O–H groups in total. The van der Waals surface area contributed by atoms with Crippen molar-refractivity contribution in [1.82, 2.24) is 0 Å². The van der Waals surface area contributed by atoms with Crippen LogP contribution in [-0.4, -0.2) is 16.2 Å². The number of carboxylic acids is 1. The number of hydrogen-bond acceptors (Lipinski definition) is 3. The first-order chi connectivity index (χ1) is 13.0. The van der Waals surface area contributed by atoms with E-state index in [1.807, 2.05) is 48.5 Å². The first-order valence-corrected chi connectivity index (χ1v) is 9.03. The standard InChI is InChI=1S/C22H17BrO4/c23-18-11-12-20(27-14-15-5-2-1-3-6-15)17(13-18)10-9-16-7-4-8-19(21(16)24)22(25)26/h1-13,24H,14H2,(H,25,26). The van der Waals surface area contributed by atoms with Crippen LogP contribution in [0.1, 0.15) is 27.0 Å². The SMILES string of the molecule is O=C(O)c1cccc(C=Cc2cc(Br)ccc2OCc2ccccc2)c1O.